The molecule has 0 spiro atoms. The molecule has 1 amide bonds. The molecule has 5 nitrogen and oxygen atoms in total. The SMILES string of the molecule is Cc1cc(CCC2CCCN2C(=O)CCc2ccnn2C)ccn1. The van der Waals surface area contributed by atoms with Crippen LogP contribution >= 0.6 is 0 Å². The van der Waals surface area contributed by atoms with Crippen LogP contribution in [0.2, 0.25) is 0 Å². The monoisotopic (exact) mass is 326 g/mol. The Bertz CT molecular complexity index is 694. The summed E-state index contributed by atoms with van der Waals surface area (Å²) in [5, 5.41) is 4.16. The van der Waals surface area contributed by atoms with Crippen molar-refractivity contribution >= 4 is 5.91 Å². The third kappa shape index (κ3) is 4.02. The third-order valence-corrected chi connectivity index (χ3v) is 4.94. The van der Waals surface area contributed by atoms with Gasteiger partial charge >= 0.3 is 0 Å². The first-order valence-corrected chi connectivity index (χ1v) is 8.81. The number of aryl methyl sites for hydroxylation is 4. The maximum absolute atomic E-state index is 12.6. The second-order valence-electron chi connectivity index (χ2n) is 6.67. The molecule has 0 aromatic carbocycles. The first-order chi connectivity index (χ1) is 11.6. The van der Waals surface area contributed by atoms with Crippen LogP contribution in [0.5, 0.6) is 0 Å². The van der Waals surface area contributed by atoms with Gasteiger partial charge in [0.05, 0.1) is 0 Å². The van der Waals surface area contributed by atoms with Gasteiger partial charge < -0.3 is 4.90 Å². The molecule has 1 unspecified atom stereocenters. The quantitative estimate of drug-likeness (QED) is 0.820. The van der Waals surface area contributed by atoms with Crippen molar-refractivity contribution in [1.29, 1.82) is 0 Å². The fourth-order valence-electron chi connectivity index (χ4n) is 3.58. The van der Waals surface area contributed by atoms with E-state index in [1.807, 2.05) is 30.9 Å². The van der Waals surface area contributed by atoms with Crippen molar-refractivity contribution in [3.05, 3.63) is 47.5 Å². The molecule has 1 saturated heterocycles. The van der Waals surface area contributed by atoms with Crippen LogP contribution < -0.4 is 0 Å². The average Bonchev–Trinajstić information content (AvgIpc) is 3.19. The molecule has 1 atom stereocenters. The Balaban J connectivity index is 1.52. The van der Waals surface area contributed by atoms with Gasteiger partial charge in [-0.15, -0.1) is 0 Å². The lowest BCUT2D eigenvalue weighted by Crippen LogP contribution is -2.36. The van der Waals surface area contributed by atoms with Gasteiger partial charge in [-0.2, -0.15) is 5.10 Å². The van der Waals surface area contributed by atoms with E-state index in [0.29, 0.717) is 12.5 Å². The van der Waals surface area contributed by atoms with Crippen molar-refractivity contribution in [2.75, 3.05) is 6.54 Å². The maximum Gasteiger partial charge on any atom is 0.223 e. The van der Waals surface area contributed by atoms with Crippen molar-refractivity contribution < 1.29 is 4.79 Å². The zero-order valence-electron chi connectivity index (χ0n) is 14.6. The second-order valence-corrected chi connectivity index (χ2v) is 6.67. The molecule has 0 N–H and O–H groups in total. The van der Waals surface area contributed by atoms with Gasteiger partial charge in [0.25, 0.3) is 0 Å². The molecule has 3 heterocycles. The highest BCUT2D eigenvalue weighted by Crippen LogP contribution is 2.23. The Morgan fingerprint density at radius 1 is 1.29 bits per heavy atom. The zero-order valence-corrected chi connectivity index (χ0v) is 14.6. The number of carbonyl (C=O) groups is 1. The van der Waals surface area contributed by atoms with E-state index in [-0.39, 0.29) is 5.91 Å². The van der Waals surface area contributed by atoms with Gasteiger partial charge in [-0.1, -0.05) is 0 Å². The van der Waals surface area contributed by atoms with Gasteiger partial charge in [0, 0.05) is 49.8 Å². The number of pyridine rings is 1. The molecule has 0 bridgehead atoms. The Labute approximate surface area is 143 Å². The zero-order chi connectivity index (χ0) is 16.9. The predicted octanol–water partition coefficient (Wildman–Crippen LogP) is 2.68. The number of hydrogen-bond donors (Lipinski definition) is 0. The van der Waals surface area contributed by atoms with Crippen LogP contribution in [0.3, 0.4) is 0 Å². The summed E-state index contributed by atoms with van der Waals surface area (Å²) >= 11 is 0. The number of hydrogen-bond acceptors (Lipinski definition) is 3. The lowest BCUT2D eigenvalue weighted by Gasteiger charge is -2.25. The summed E-state index contributed by atoms with van der Waals surface area (Å²) in [4.78, 5) is 19.0. The number of amides is 1. The van der Waals surface area contributed by atoms with Crippen LogP contribution in [0.25, 0.3) is 0 Å². The lowest BCUT2D eigenvalue weighted by molar-refractivity contribution is -0.132. The molecule has 24 heavy (non-hydrogen) atoms. The normalized spacial score (nSPS) is 17.4. The Kier molecular flexibility index (Phi) is 5.28. The first-order valence-electron chi connectivity index (χ1n) is 8.81. The first kappa shape index (κ1) is 16.7. The summed E-state index contributed by atoms with van der Waals surface area (Å²) in [6.45, 7) is 2.93. The highest BCUT2D eigenvalue weighted by Gasteiger charge is 2.28. The third-order valence-electron chi connectivity index (χ3n) is 4.94. The van der Waals surface area contributed by atoms with Crippen molar-refractivity contribution in [3.8, 4) is 0 Å². The van der Waals surface area contributed by atoms with E-state index < -0.39 is 0 Å². The fourth-order valence-corrected chi connectivity index (χ4v) is 3.58. The standard InChI is InChI=1S/C19H26N4O/c1-15-14-16(9-11-20-15)5-6-18-4-3-13-23(18)19(24)8-7-17-10-12-21-22(17)2/h9-12,14,18H,3-8,13H2,1-2H3. The van der Waals surface area contributed by atoms with Crippen LogP contribution in [0.4, 0.5) is 0 Å². The topological polar surface area (TPSA) is 51.0 Å². The highest BCUT2D eigenvalue weighted by atomic mass is 16.2. The molecule has 1 aliphatic rings. The Morgan fingerprint density at radius 3 is 2.92 bits per heavy atom. The minimum atomic E-state index is 0.282. The number of likely N-dealkylation sites (tertiary alicyclic amines) is 1. The molecule has 5 heteroatoms. The molecule has 0 radical (unpaired) electrons. The minimum Gasteiger partial charge on any atom is -0.340 e. The predicted molar refractivity (Wildman–Crippen MR) is 93.6 cm³/mol. The molecule has 0 aliphatic carbocycles. The van der Waals surface area contributed by atoms with Crippen LogP contribution in [-0.4, -0.2) is 38.2 Å². The van der Waals surface area contributed by atoms with Gasteiger partial charge in [0.2, 0.25) is 5.91 Å². The van der Waals surface area contributed by atoms with E-state index >= 15 is 0 Å². The summed E-state index contributed by atoms with van der Waals surface area (Å²) in [6.07, 6.45) is 9.30. The number of carbonyl (C=O) groups excluding carboxylic acids is 1. The summed E-state index contributed by atoms with van der Waals surface area (Å²) in [6, 6.07) is 6.60. The van der Waals surface area contributed by atoms with Crippen LogP contribution in [0.15, 0.2) is 30.6 Å². The van der Waals surface area contributed by atoms with Gasteiger partial charge in [-0.25, -0.2) is 0 Å². The summed E-state index contributed by atoms with van der Waals surface area (Å²) in [5.41, 5.74) is 3.49. The van der Waals surface area contributed by atoms with Gasteiger partial charge in [-0.3, -0.25) is 14.5 Å². The summed E-state index contributed by atoms with van der Waals surface area (Å²) in [5.74, 6) is 0.282. The van der Waals surface area contributed by atoms with Crippen LogP contribution in [0.1, 0.15) is 42.6 Å². The van der Waals surface area contributed by atoms with Gasteiger partial charge in [-0.05, 0) is 62.8 Å². The summed E-state index contributed by atoms with van der Waals surface area (Å²) in [7, 11) is 1.93. The highest BCUT2D eigenvalue weighted by molar-refractivity contribution is 5.77. The van der Waals surface area contributed by atoms with E-state index in [4.69, 9.17) is 0 Å². The van der Waals surface area contributed by atoms with Crippen molar-refractivity contribution in [2.45, 2.75) is 51.5 Å². The van der Waals surface area contributed by atoms with Gasteiger partial charge in [0.1, 0.15) is 0 Å². The molecule has 1 aliphatic heterocycles. The molecule has 3 rings (SSSR count). The van der Waals surface area contributed by atoms with E-state index in [9.17, 15) is 4.79 Å². The Morgan fingerprint density at radius 2 is 2.17 bits per heavy atom. The minimum absolute atomic E-state index is 0.282. The molecular formula is C19H26N4O. The molecule has 1 fully saturated rings. The van der Waals surface area contributed by atoms with Crippen molar-refractivity contribution in [2.24, 2.45) is 7.05 Å². The molecular weight excluding hydrogens is 300 g/mol. The van der Waals surface area contributed by atoms with Crippen molar-refractivity contribution in [1.82, 2.24) is 19.7 Å². The number of nitrogens with zero attached hydrogens (tertiary/aromatic N) is 4. The van der Waals surface area contributed by atoms with Crippen LogP contribution in [0, 0.1) is 6.92 Å². The van der Waals surface area contributed by atoms with E-state index in [1.165, 1.54) is 5.56 Å². The number of rotatable bonds is 6. The summed E-state index contributed by atoms with van der Waals surface area (Å²) < 4.78 is 1.85. The maximum atomic E-state index is 12.6. The van der Waals surface area contributed by atoms with Gasteiger partial charge in [0.15, 0.2) is 0 Å². The average molecular weight is 326 g/mol. The lowest BCUT2D eigenvalue weighted by atomic mass is 10.0. The van der Waals surface area contributed by atoms with E-state index in [0.717, 1.165) is 50.0 Å². The molecule has 0 saturated carbocycles. The second kappa shape index (κ2) is 7.60. The van der Waals surface area contributed by atoms with E-state index in [2.05, 4.69) is 27.1 Å². The number of aromatic nitrogens is 3. The fraction of sp³-hybridized carbons (Fsp3) is 0.526. The Hall–Kier alpha value is -2.17. The molecule has 128 valence electrons. The largest absolute Gasteiger partial charge is 0.340 e. The smallest absolute Gasteiger partial charge is 0.223 e. The van der Waals surface area contributed by atoms with E-state index in [1.54, 1.807) is 6.20 Å². The van der Waals surface area contributed by atoms with Crippen LogP contribution in [-0.2, 0) is 24.7 Å². The molecule has 2 aromatic rings. The molecule has 2 aromatic heterocycles. The van der Waals surface area contributed by atoms with Crippen molar-refractivity contribution in [3.63, 3.8) is 0 Å².